The van der Waals surface area contributed by atoms with Crippen LogP contribution in [0.5, 0.6) is 0 Å². The molecule has 0 unspecified atom stereocenters. The van der Waals surface area contributed by atoms with Gasteiger partial charge in [0.25, 0.3) is 0 Å². The Bertz CT molecular complexity index is 393. The fraction of sp³-hybridized carbons (Fsp3) is 0.643. The fourth-order valence-electron chi connectivity index (χ4n) is 2.51. The predicted molar refractivity (Wildman–Crippen MR) is 72.3 cm³/mol. The summed E-state index contributed by atoms with van der Waals surface area (Å²) >= 11 is 0. The highest BCUT2D eigenvalue weighted by atomic mass is 16.2. The number of amides is 2. The molecule has 1 N–H and O–H groups in total. The van der Waals surface area contributed by atoms with Crippen LogP contribution >= 0.6 is 0 Å². The van der Waals surface area contributed by atoms with Gasteiger partial charge >= 0.3 is 6.03 Å². The van der Waals surface area contributed by atoms with Crippen molar-refractivity contribution < 1.29 is 4.79 Å². The smallest absolute Gasteiger partial charge is 0.317 e. The standard InChI is InChI=1S/C14H23N3O/c1-16-10-6-9-13(16)11-17(2)14(18)15-12-7-4-3-5-8-12/h6,9-10,12H,3-5,7-8,11H2,1-2H3,(H,15,18). The van der Waals surface area contributed by atoms with Crippen LogP contribution in [0.15, 0.2) is 18.3 Å². The molecule has 0 atom stereocenters. The molecule has 1 aromatic heterocycles. The number of hydrogen-bond donors (Lipinski definition) is 1. The number of urea groups is 1. The molecule has 0 saturated heterocycles. The van der Waals surface area contributed by atoms with Crippen molar-refractivity contribution in [3.05, 3.63) is 24.0 Å². The summed E-state index contributed by atoms with van der Waals surface area (Å²) in [5.41, 5.74) is 1.15. The monoisotopic (exact) mass is 249 g/mol. The van der Waals surface area contributed by atoms with E-state index in [9.17, 15) is 4.79 Å². The number of nitrogens with zero attached hydrogens (tertiary/aromatic N) is 2. The van der Waals surface area contributed by atoms with Crippen LogP contribution in [0.3, 0.4) is 0 Å². The van der Waals surface area contributed by atoms with E-state index in [1.165, 1.54) is 19.3 Å². The Morgan fingerprint density at radius 1 is 1.44 bits per heavy atom. The van der Waals surface area contributed by atoms with Crippen molar-refractivity contribution in [2.24, 2.45) is 7.05 Å². The van der Waals surface area contributed by atoms with E-state index in [0.717, 1.165) is 18.5 Å². The van der Waals surface area contributed by atoms with Crippen molar-refractivity contribution in [2.75, 3.05) is 7.05 Å². The Hall–Kier alpha value is -1.45. The lowest BCUT2D eigenvalue weighted by Gasteiger charge is -2.26. The molecule has 2 amide bonds. The molecule has 0 radical (unpaired) electrons. The van der Waals surface area contributed by atoms with Gasteiger partial charge in [-0.3, -0.25) is 0 Å². The van der Waals surface area contributed by atoms with Gasteiger partial charge in [-0.15, -0.1) is 0 Å². The summed E-state index contributed by atoms with van der Waals surface area (Å²) in [7, 11) is 3.85. The molecule has 0 aliphatic heterocycles. The largest absolute Gasteiger partial charge is 0.353 e. The Morgan fingerprint density at radius 3 is 2.78 bits per heavy atom. The van der Waals surface area contributed by atoms with Gasteiger partial charge in [0.05, 0.1) is 6.54 Å². The van der Waals surface area contributed by atoms with Crippen LogP contribution in [0.25, 0.3) is 0 Å². The first-order chi connectivity index (χ1) is 8.66. The van der Waals surface area contributed by atoms with Crippen molar-refractivity contribution >= 4 is 6.03 Å². The van der Waals surface area contributed by atoms with Crippen molar-refractivity contribution in [2.45, 2.75) is 44.7 Å². The van der Waals surface area contributed by atoms with Crippen LogP contribution in [0.4, 0.5) is 4.79 Å². The number of nitrogens with one attached hydrogen (secondary N) is 1. The third-order valence-electron chi connectivity index (χ3n) is 3.73. The van der Waals surface area contributed by atoms with Crippen LogP contribution in [0, 0.1) is 0 Å². The molecule has 1 fully saturated rings. The highest BCUT2D eigenvalue weighted by Crippen LogP contribution is 2.17. The average molecular weight is 249 g/mol. The van der Waals surface area contributed by atoms with Crippen LogP contribution in [-0.2, 0) is 13.6 Å². The molecule has 1 heterocycles. The molecule has 2 rings (SSSR count). The van der Waals surface area contributed by atoms with Gasteiger partial charge in [0.15, 0.2) is 0 Å². The van der Waals surface area contributed by atoms with Gasteiger partial charge in [0, 0.05) is 32.0 Å². The summed E-state index contributed by atoms with van der Waals surface area (Å²) in [6.45, 7) is 0.655. The van der Waals surface area contributed by atoms with Crippen molar-refractivity contribution in [1.82, 2.24) is 14.8 Å². The summed E-state index contributed by atoms with van der Waals surface area (Å²) in [5, 5.41) is 3.13. The minimum absolute atomic E-state index is 0.0445. The van der Waals surface area contributed by atoms with Crippen molar-refractivity contribution in [3.63, 3.8) is 0 Å². The highest BCUT2D eigenvalue weighted by Gasteiger charge is 2.18. The van der Waals surface area contributed by atoms with Gasteiger partial charge in [-0.2, -0.15) is 0 Å². The normalized spacial score (nSPS) is 16.6. The molecule has 1 aliphatic carbocycles. The molecule has 4 heteroatoms. The molecule has 4 nitrogen and oxygen atoms in total. The topological polar surface area (TPSA) is 37.3 Å². The lowest BCUT2D eigenvalue weighted by Crippen LogP contribution is -2.43. The number of carbonyl (C=O) groups is 1. The van der Waals surface area contributed by atoms with E-state index < -0.39 is 0 Å². The van der Waals surface area contributed by atoms with E-state index in [1.54, 1.807) is 4.90 Å². The molecule has 1 aromatic rings. The summed E-state index contributed by atoms with van der Waals surface area (Å²) in [4.78, 5) is 13.8. The first-order valence-electron chi connectivity index (χ1n) is 6.78. The molecule has 18 heavy (non-hydrogen) atoms. The maximum Gasteiger partial charge on any atom is 0.317 e. The van der Waals surface area contributed by atoms with Crippen molar-refractivity contribution in [1.29, 1.82) is 0 Å². The van der Waals surface area contributed by atoms with E-state index in [-0.39, 0.29) is 6.03 Å². The first-order valence-corrected chi connectivity index (χ1v) is 6.78. The maximum atomic E-state index is 12.1. The Morgan fingerprint density at radius 2 is 2.17 bits per heavy atom. The molecule has 100 valence electrons. The first kappa shape index (κ1) is 13.0. The zero-order valence-corrected chi connectivity index (χ0v) is 11.4. The molecule has 0 spiro atoms. The van der Waals surface area contributed by atoms with Gasteiger partial charge in [0.1, 0.15) is 0 Å². The second kappa shape index (κ2) is 5.94. The van der Waals surface area contributed by atoms with E-state index >= 15 is 0 Å². The zero-order chi connectivity index (χ0) is 13.0. The molecule has 1 aliphatic rings. The number of aryl methyl sites for hydroxylation is 1. The van der Waals surface area contributed by atoms with Gasteiger partial charge in [-0.25, -0.2) is 4.79 Å². The molecule has 1 saturated carbocycles. The molecular formula is C14H23N3O. The summed E-state index contributed by atoms with van der Waals surface area (Å²) in [5.74, 6) is 0. The minimum atomic E-state index is 0.0445. The van der Waals surface area contributed by atoms with Gasteiger partial charge in [0.2, 0.25) is 0 Å². The number of carbonyl (C=O) groups excluding carboxylic acids is 1. The Kier molecular flexibility index (Phi) is 4.28. The fourth-order valence-corrected chi connectivity index (χ4v) is 2.51. The third kappa shape index (κ3) is 3.28. The lowest BCUT2D eigenvalue weighted by molar-refractivity contribution is 0.198. The third-order valence-corrected chi connectivity index (χ3v) is 3.73. The SMILES string of the molecule is CN(Cc1cccn1C)C(=O)NC1CCCCC1. The maximum absolute atomic E-state index is 12.1. The van der Waals surface area contributed by atoms with E-state index in [1.807, 2.05) is 37.0 Å². The molecule has 0 bridgehead atoms. The summed E-state index contributed by atoms with van der Waals surface area (Å²) in [6.07, 6.45) is 8.06. The molecular weight excluding hydrogens is 226 g/mol. The van der Waals surface area contributed by atoms with Gasteiger partial charge in [-0.05, 0) is 25.0 Å². The zero-order valence-electron chi connectivity index (χ0n) is 11.4. The molecule has 0 aromatic carbocycles. The Labute approximate surface area is 109 Å². The van der Waals surface area contributed by atoms with Crippen LogP contribution < -0.4 is 5.32 Å². The van der Waals surface area contributed by atoms with Gasteiger partial charge in [-0.1, -0.05) is 19.3 Å². The quantitative estimate of drug-likeness (QED) is 0.878. The van der Waals surface area contributed by atoms with E-state index in [0.29, 0.717) is 12.6 Å². The van der Waals surface area contributed by atoms with Crippen molar-refractivity contribution in [3.8, 4) is 0 Å². The average Bonchev–Trinajstić information content (AvgIpc) is 2.76. The Balaban J connectivity index is 1.83. The number of hydrogen-bond acceptors (Lipinski definition) is 1. The van der Waals surface area contributed by atoms with E-state index in [2.05, 4.69) is 5.32 Å². The van der Waals surface area contributed by atoms with E-state index in [4.69, 9.17) is 0 Å². The van der Waals surface area contributed by atoms with Crippen LogP contribution in [-0.4, -0.2) is 28.6 Å². The number of aromatic nitrogens is 1. The second-order valence-electron chi connectivity index (χ2n) is 5.25. The van der Waals surface area contributed by atoms with Crippen LogP contribution in [0.2, 0.25) is 0 Å². The summed E-state index contributed by atoms with van der Waals surface area (Å²) < 4.78 is 2.05. The summed E-state index contributed by atoms with van der Waals surface area (Å²) in [6, 6.07) is 4.47. The highest BCUT2D eigenvalue weighted by molar-refractivity contribution is 5.74. The number of rotatable bonds is 3. The predicted octanol–water partition coefficient (Wildman–Crippen LogP) is 2.50. The van der Waals surface area contributed by atoms with Gasteiger partial charge < -0.3 is 14.8 Å². The van der Waals surface area contributed by atoms with Crippen LogP contribution in [0.1, 0.15) is 37.8 Å². The lowest BCUT2D eigenvalue weighted by atomic mass is 9.96. The minimum Gasteiger partial charge on any atom is -0.353 e. The second-order valence-corrected chi connectivity index (χ2v) is 5.25.